The minimum absolute atomic E-state index is 0.119. The lowest BCUT2D eigenvalue weighted by Crippen LogP contribution is -2.58. The van der Waals surface area contributed by atoms with Gasteiger partial charge in [0.2, 0.25) is 0 Å². The van der Waals surface area contributed by atoms with E-state index in [9.17, 15) is 13.2 Å². The molecule has 0 aliphatic heterocycles. The summed E-state index contributed by atoms with van der Waals surface area (Å²) in [5.74, 6) is -1.38. The van der Waals surface area contributed by atoms with Gasteiger partial charge in [-0.3, -0.25) is 0 Å². The molecule has 1 rings (SSSR count). The molecule has 1 aliphatic carbocycles. The number of nitrogens with one attached hydrogen (secondary N) is 1. The molecule has 17 heavy (non-hydrogen) atoms. The first kappa shape index (κ1) is 14.7. The summed E-state index contributed by atoms with van der Waals surface area (Å²) in [5, 5.41) is 21.0. The Morgan fingerprint density at radius 2 is 1.65 bits per heavy atom. The topological polar surface area (TPSA) is 52.5 Å². The van der Waals surface area contributed by atoms with Crippen molar-refractivity contribution in [1.29, 1.82) is 0 Å². The van der Waals surface area contributed by atoms with Crippen LogP contribution in [0, 0.1) is 5.92 Å². The standard InChI is InChI=1S/C11H20F3NO2/c1-10(6-16,7-17)15-9-5-3-2-4-8(9)11(12,13)14/h8-9,15-17H,2-7H2,1H3. The largest absolute Gasteiger partial charge is 0.394 e. The highest BCUT2D eigenvalue weighted by Crippen LogP contribution is 2.38. The lowest BCUT2D eigenvalue weighted by atomic mass is 9.82. The molecular formula is C11H20F3NO2. The Labute approximate surface area is 99.0 Å². The van der Waals surface area contributed by atoms with Crippen molar-refractivity contribution in [2.75, 3.05) is 13.2 Å². The van der Waals surface area contributed by atoms with E-state index >= 15 is 0 Å². The molecule has 0 amide bonds. The van der Waals surface area contributed by atoms with E-state index in [0.29, 0.717) is 12.8 Å². The Balaban J connectivity index is 2.72. The minimum atomic E-state index is -4.22. The molecule has 0 bridgehead atoms. The molecular weight excluding hydrogens is 235 g/mol. The van der Waals surface area contributed by atoms with Crippen molar-refractivity contribution in [3.8, 4) is 0 Å². The molecule has 3 N–H and O–H groups in total. The van der Waals surface area contributed by atoms with Crippen molar-refractivity contribution in [2.24, 2.45) is 5.92 Å². The van der Waals surface area contributed by atoms with Gasteiger partial charge >= 0.3 is 6.18 Å². The Bertz CT molecular complexity index is 241. The van der Waals surface area contributed by atoms with E-state index < -0.39 is 23.7 Å². The Hall–Kier alpha value is -0.330. The normalized spacial score (nSPS) is 27.2. The van der Waals surface area contributed by atoms with E-state index in [4.69, 9.17) is 10.2 Å². The van der Waals surface area contributed by atoms with Gasteiger partial charge in [-0.05, 0) is 19.8 Å². The Kier molecular flexibility index (Phi) is 4.80. The number of aliphatic hydroxyl groups is 2. The zero-order chi connectivity index (χ0) is 13.1. The fraction of sp³-hybridized carbons (Fsp3) is 1.00. The first-order valence-electron chi connectivity index (χ1n) is 5.88. The fourth-order valence-electron chi connectivity index (χ4n) is 2.28. The summed E-state index contributed by atoms with van der Waals surface area (Å²) >= 11 is 0. The highest BCUT2D eigenvalue weighted by Gasteiger charge is 2.46. The molecule has 3 nitrogen and oxygen atoms in total. The summed E-state index contributed by atoms with van der Waals surface area (Å²) < 4.78 is 38.4. The molecule has 2 atom stereocenters. The number of aliphatic hydroxyl groups excluding tert-OH is 2. The van der Waals surface area contributed by atoms with E-state index in [-0.39, 0.29) is 19.6 Å². The SMILES string of the molecule is CC(CO)(CO)NC1CCCCC1C(F)(F)F. The maximum absolute atomic E-state index is 12.8. The number of hydrogen-bond acceptors (Lipinski definition) is 3. The van der Waals surface area contributed by atoms with Gasteiger partial charge in [-0.15, -0.1) is 0 Å². The van der Waals surface area contributed by atoms with Crippen LogP contribution in [0.25, 0.3) is 0 Å². The maximum atomic E-state index is 12.8. The van der Waals surface area contributed by atoms with E-state index in [1.807, 2.05) is 0 Å². The molecule has 0 saturated heterocycles. The summed E-state index contributed by atoms with van der Waals surface area (Å²) in [6.07, 6.45) is -2.34. The van der Waals surface area contributed by atoms with Crippen molar-refractivity contribution in [2.45, 2.75) is 50.4 Å². The quantitative estimate of drug-likeness (QED) is 0.712. The van der Waals surface area contributed by atoms with Crippen molar-refractivity contribution in [3.63, 3.8) is 0 Å². The van der Waals surface area contributed by atoms with Gasteiger partial charge < -0.3 is 15.5 Å². The Morgan fingerprint density at radius 1 is 1.12 bits per heavy atom. The van der Waals surface area contributed by atoms with Gasteiger partial charge in [0.15, 0.2) is 0 Å². The van der Waals surface area contributed by atoms with Gasteiger partial charge in [-0.2, -0.15) is 13.2 Å². The molecule has 102 valence electrons. The average molecular weight is 255 g/mol. The van der Waals surface area contributed by atoms with Crippen molar-refractivity contribution >= 4 is 0 Å². The van der Waals surface area contributed by atoms with Gasteiger partial charge in [0, 0.05) is 6.04 Å². The van der Waals surface area contributed by atoms with Gasteiger partial charge in [0.25, 0.3) is 0 Å². The zero-order valence-corrected chi connectivity index (χ0v) is 9.93. The van der Waals surface area contributed by atoms with Crippen LogP contribution < -0.4 is 5.32 Å². The molecule has 0 aromatic heterocycles. The van der Waals surface area contributed by atoms with Gasteiger partial charge in [-0.25, -0.2) is 0 Å². The van der Waals surface area contributed by atoms with Crippen LogP contribution in [0.5, 0.6) is 0 Å². The van der Waals surface area contributed by atoms with Crippen molar-refractivity contribution < 1.29 is 23.4 Å². The van der Waals surface area contributed by atoms with E-state index in [0.717, 1.165) is 6.42 Å². The third-order valence-corrected chi connectivity index (χ3v) is 3.42. The van der Waals surface area contributed by atoms with Crippen LogP contribution >= 0.6 is 0 Å². The fourth-order valence-corrected chi connectivity index (χ4v) is 2.28. The molecule has 6 heteroatoms. The summed E-state index contributed by atoms with van der Waals surface area (Å²) in [6.45, 7) is 0.754. The maximum Gasteiger partial charge on any atom is 0.393 e. The molecule has 0 aromatic rings. The van der Waals surface area contributed by atoms with E-state index in [1.54, 1.807) is 0 Å². The van der Waals surface area contributed by atoms with Gasteiger partial charge in [0.05, 0.1) is 24.7 Å². The third kappa shape index (κ3) is 3.82. The van der Waals surface area contributed by atoms with Crippen LogP contribution in [0.4, 0.5) is 13.2 Å². The van der Waals surface area contributed by atoms with E-state index in [2.05, 4.69) is 5.32 Å². The lowest BCUT2D eigenvalue weighted by Gasteiger charge is -2.39. The van der Waals surface area contributed by atoms with Gasteiger partial charge in [-0.1, -0.05) is 12.8 Å². The van der Waals surface area contributed by atoms with Crippen LogP contribution in [0.3, 0.4) is 0 Å². The van der Waals surface area contributed by atoms with Crippen molar-refractivity contribution in [3.05, 3.63) is 0 Å². The summed E-state index contributed by atoms with van der Waals surface area (Å²) in [4.78, 5) is 0. The number of hydrogen-bond donors (Lipinski definition) is 3. The first-order valence-corrected chi connectivity index (χ1v) is 5.88. The number of alkyl halides is 3. The predicted molar refractivity (Wildman–Crippen MR) is 57.5 cm³/mol. The summed E-state index contributed by atoms with van der Waals surface area (Å²) in [6, 6.07) is -0.715. The second-order valence-electron chi connectivity index (χ2n) is 5.06. The smallest absolute Gasteiger partial charge is 0.393 e. The molecule has 1 saturated carbocycles. The lowest BCUT2D eigenvalue weighted by molar-refractivity contribution is -0.191. The zero-order valence-electron chi connectivity index (χ0n) is 9.93. The van der Waals surface area contributed by atoms with Crippen LogP contribution in [0.15, 0.2) is 0 Å². The van der Waals surface area contributed by atoms with E-state index in [1.165, 1.54) is 6.92 Å². The molecule has 2 unspecified atom stereocenters. The monoisotopic (exact) mass is 255 g/mol. The molecule has 0 spiro atoms. The highest BCUT2D eigenvalue weighted by atomic mass is 19.4. The third-order valence-electron chi connectivity index (χ3n) is 3.42. The average Bonchev–Trinajstić information content (AvgIpc) is 2.28. The van der Waals surface area contributed by atoms with Crippen LogP contribution in [0.2, 0.25) is 0 Å². The molecule has 1 fully saturated rings. The van der Waals surface area contributed by atoms with Crippen LogP contribution in [0.1, 0.15) is 32.6 Å². The van der Waals surface area contributed by atoms with Crippen LogP contribution in [-0.4, -0.2) is 41.2 Å². The minimum Gasteiger partial charge on any atom is -0.394 e. The number of rotatable bonds is 4. The summed E-state index contributed by atoms with van der Waals surface area (Å²) in [7, 11) is 0. The Morgan fingerprint density at radius 3 is 2.12 bits per heavy atom. The molecule has 0 heterocycles. The van der Waals surface area contributed by atoms with Crippen molar-refractivity contribution in [1.82, 2.24) is 5.32 Å². The molecule has 0 radical (unpaired) electrons. The number of halogens is 3. The predicted octanol–water partition coefficient (Wildman–Crippen LogP) is 1.44. The summed E-state index contributed by atoms with van der Waals surface area (Å²) in [5.41, 5.74) is -1.05. The first-order chi connectivity index (χ1) is 7.82. The highest BCUT2D eigenvalue weighted by molar-refractivity contribution is 4.92. The van der Waals surface area contributed by atoms with Crippen LogP contribution in [-0.2, 0) is 0 Å². The molecule has 1 aliphatic rings. The van der Waals surface area contributed by atoms with Gasteiger partial charge in [0.1, 0.15) is 0 Å². The second kappa shape index (κ2) is 5.54. The second-order valence-corrected chi connectivity index (χ2v) is 5.06. The molecule has 0 aromatic carbocycles.